The van der Waals surface area contributed by atoms with Gasteiger partial charge in [-0.3, -0.25) is 9.59 Å². The predicted molar refractivity (Wildman–Crippen MR) is 97.1 cm³/mol. The number of rotatable bonds is 5. The summed E-state index contributed by atoms with van der Waals surface area (Å²) in [6, 6.07) is 10.1. The molecule has 0 N–H and O–H groups in total. The van der Waals surface area contributed by atoms with Gasteiger partial charge in [0, 0.05) is 18.4 Å². The highest BCUT2D eigenvalue weighted by Gasteiger charge is 2.19. The lowest BCUT2D eigenvalue weighted by molar-refractivity contribution is 0.487. The molecule has 0 bridgehead atoms. The molecule has 0 atom stereocenters. The van der Waals surface area contributed by atoms with Crippen LogP contribution in [0.25, 0.3) is 0 Å². The SMILES string of the molecule is O=c1c(=O)n(C2CCCC2)ccn1Cc1cn(Cc2ccccc2)nn1. The summed E-state index contributed by atoms with van der Waals surface area (Å²) in [4.78, 5) is 24.8. The van der Waals surface area contributed by atoms with Crippen LogP contribution in [-0.2, 0) is 13.1 Å². The molecule has 7 nitrogen and oxygen atoms in total. The molecule has 1 saturated carbocycles. The van der Waals surface area contributed by atoms with Crippen molar-refractivity contribution in [3.63, 3.8) is 0 Å². The van der Waals surface area contributed by atoms with Gasteiger partial charge in [-0.05, 0) is 18.4 Å². The van der Waals surface area contributed by atoms with Gasteiger partial charge in [-0.1, -0.05) is 48.4 Å². The first kappa shape index (κ1) is 16.5. The summed E-state index contributed by atoms with van der Waals surface area (Å²) in [5.41, 5.74) is 0.828. The molecule has 1 aromatic carbocycles. The Balaban J connectivity index is 1.52. The Morgan fingerprint density at radius 2 is 1.73 bits per heavy atom. The monoisotopic (exact) mass is 351 g/mol. The largest absolute Gasteiger partial charge is 0.316 e. The molecule has 134 valence electrons. The van der Waals surface area contributed by atoms with Crippen molar-refractivity contribution in [2.24, 2.45) is 0 Å². The van der Waals surface area contributed by atoms with Crippen LogP contribution in [0.4, 0.5) is 0 Å². The molecule has 0 amide bonds. The van der Waals surface area contributed by atoms with Gasteiger partial charge in [0.05, 0.1) is 19.3 Å². The first-order chi connectivity index (χ1) is 12.7. The van der Waals surface area contributed by atoms with Gasteiger partial charge in [0.1, 0.15) is 5.69 Å². The minimum Gasteiger partial charge on any atom is -0.306 e. The minimum atomic E-state index is -0.503. The highest BCUT2D eigenvalue weighted by molar-refractivity contribution is 5.15. The van der Waals surface area contributed by atoms with E-state index in [1.807, 2.05) is 36.5 Å². The molecule has 1 aliphatic carbocycles. The summed E-state index contributed by atoms with van der Waals surface area (Å²) >= 11 is 0. The Morgan fingerprint density at radius 1 is 0.962 bits per heavy atom. The van der Waals surface area contributed by atoms with Gasteiger partial charge in [-0.2, -0.15) is 0 Å². The normalized spacial score (nSPS) is 14.8. The Hall–Kier alpha value is -2.96. The number of benzene rings is 1. The Morgan fingerprint density at radius 3 is 2.50 bits per heavy atom. The average Bonchev–Trinajstić information content (AvgIpc) is 3.32. The van der Waals surface area contributed by atoms with Gasteiger partial charge in [-0.15, -0.1) is 5.10 Å². The van der Waals surface area contributed by atoms with Crippen molar-refractivity contribution in [2.75, 3.05) is 0 Å². The van der Waals surface area contributed by atoms with E-state index in [0.29, 0.717) is 12.2 Å². The molecular formula is C19H21N5O2. The Kier molecular flexibility index (Phi) is 4.51. The fraction of sp³-hybridized carbons (Fsp3) is 0.368. The fourth-order valence-electron chi connectivity index (χ4n) is 3.55. The van der Waals surface area contributed by atoms with Crippen LogP contribution in [0, 0.1) is 0 Å². The standard InChI is InChI=1S/C19H21N5O2/c25-18-19(26)24(17-8-4-5-9-17)11-10-22(18)13-16-14-23(21-20-16)12-15-6-2-1-3-7-15/h1-3,6-7,10-11,14,17H,4-5,8-9,12-13H2. The van der Waals surface area contributed by atoms with Crippen LogP contribution >= 0.6 is 0 Å². The molecule has 0 spiro atoms. The zero-order valence-corrected chi connectivity index (χ0v) is 14.5. The lowest BCUT2D eigenvalue weighted by Crippen LogP contribution is -2.41. The molecule has 0 unspecified atom stereocenters. The summed E-state index contributed by atoms with van der Waals surface area (Å²) in [6.45, 7) is 0.861. The van der Waals surface area contributed by atoms with Crippen molar-refractivity contribution in [2.45, 2.75) is 44.8 Å². The van der Waals surface area contributed by atoms with Crippen LogP contribution in [-0.4, -0.2) is 24.1 Å². The van der Waals surface area contributed by atoms with E-state index in [1.54, 1.807) is 21.6 Å². The van der Waals surface area contributed by atoms with E-state index in [1.165, 1.54) is 4.57 Å². The van der Waals surface area contributed by atoms with Crippen molar-refractivity contribution in [3.8, 4) is 0 Å². The lowest BCUT2D eigenvalue weighted by atomic mass is 10.2. The molecule has 4 rings (SSSR count). The maximum absolute atomic E-state index is 12.4. The van der Waals surface area contributed by atoms with Crippen LogP contribution in [0.2, 0.25) is 0 Å². The summed E-state index contributed by atoms with van der Waals surface area (Å²) in [6.07, 6.45) is 9.39. The number of hydrogen-bond acceptors (Lipinski definition) is 4. The first-order valence-corrected chi connectivity index (χ1v) is 8.95. The predicted octanol–water partition coefficient (Wildman–Crippen LogP) is 1.81. The van der Waals surface area contributed by atoms with Gasteiger partial charge >= 0.3 is 11.1 Å². The van der Waals surface area contributed by atoms with Crippen molar-refractivity contribution in [1.29, 1.82) is 0 Å². The first-order valence-electron chi connectivity index (χ1n) is 8.95. The van der Waals surface area contributed by atoms with Crippen molar-refractivity contribution in [1.82, 2.24) is 24.1 Å². The van der Waals surface area contributed by atoms with E-state index in [0.717, 1.165) is 31.2 Å². The summed E-state index contributed by atoms with van der Waals surface area (Å²) in [5, 5.41) is 8.23. The highest BCUT2D eigenvalue weighted by Crippen LogP contribution is 2.27. The summed E-state index contributed by atoms with van der Waals surface area (Å²) < 4.78 is 4.73. The van der Waals surface area contributed by atoms with E-state index in [2.05, 4.69) is 10.3 Å². The molecule has 7 heteroatoms. The number of aromatic nitrogens is 5. The molecule has 0 aliphatic heterocycles. The third kappa shape index (κ3) is 3.37. The van der Waals surface area contributed by atoms with Crippen LogP contribution in [0.15, 0.2) is 58.5 Å². The van der Waals surface area contributed by atoms with Crippen LogP contribution in [0.3, 0.4) is 0 Å². The van der Waals surface area contributed by atoms with Crippen LogP contribution < -0.4 is 11.1 Å². The summed E-state index contributed by atoms with van der Waals surface area (Å²) in [5.74, 6) is 0. The second kappa shape index (κ2) is 7.11. The van der Waals surface area contributed by atoms with E-state index in [-0.39, 0.29) is 12.6 Å². The molecule has 0 radical (unpaired) electrons. The van der Waals surface area contributed by atoms with Crippen molar-refractivity contribution >= 4 is 0 Å². The van der Waals surface area contributed by atoms with E-state index < -0.39 is 11.1 Å². The van der Waals surface area contributed by atoms with Crippen LogP contribution in [0.5, 0.6) is 0 Å². The number of hydrogen-bond donors (Lipinski definition) is 0. The Labute approximate surface area is 150 Å². The molecule has 26 heavy (non-hydrogen) atoms. The van der Waals surface area contributed by atoms with Crippen molar-refractivity contribution < 1.29 is 0 Å². The van der Waals surface area contributed by atoms with Crippen molar-refractivity contribution in [3.05, 3.63) is 80.9 Å². The average molecular weight is 351 g/mol. The smallest absolute Gasteiger partial charge is 0.306 e. The molecule has 1 aliphatic rings. The van der Waals surface area contributed by atoms with Gasteiger partial charge < -0.3 is 9.13 Å². The second-order valence-corrected chi connectivity index (χ2v) is 6.77. The third-order valence-electron chi connectivity index (χ3n) is 4.91. The Bertz CT molecular complexity index is 997. The lowest BCUT2D eigenvalue weighted by Gasteiger charge is -2.13. The molecule has 2 heterocycles. The van der Waals surface area contributed by atoms with E-state index in [9.17, 15) is 9.59 Å². The number of nitrogens with zero attached hydrogens (tertiary/aromatic N) is 5. The zero-order valence-electron chi connectivity index (χ0n) is 14.5. The van der Waals surface area contributed by atoms with Gasteiger partial charge in [0.25, 0.3) is 0 Å². The van der Waals surface area contributed by atoms with Gasteiger partial charge in [0.2, 0.25) is 0 Å². The maximum Gasteiger partial charge on any atom is 0.316 e. The van der Waals surface area contributed by atoms with E-state index in [4.69, 9.17) is 0 Å². The minimum absolute atomic E-state index is 0.164. The summed E-state index contributed by atoms with van der Waals surface area (Å²) in [7, 11) is 0. The highest BCUT2D eigenvalue weighted by atomic mass is 16.2. The maximum atomic E-state index is 12.4. The molecule has 1 fully saturated rings. The topological polar surface area (TPSA) is 74.7 Å². The second-order valence-electron chi connectivity index (χ2n) is 6.77. The molecular weight excluding hydrogens is 330 g/mol. The fourth-order valence-corrected chi connectivity index (χ4v) is 3.55. The molecule has 0 saturated heterocycles. The molecule has 2 aromatic heterocycles. The van der Waals surface area contributed by atoms with Gasteiger partial charge in [-0.25, -0.2) is 4.68 Å². The quantitative estimate of drug-likeness (QED) is 0.657. The molecule has 3 aromatic rings. The van der Waals surface area contributed by atoms with Crippen LogP contribution in [0.1, 0.15) is 43.0 Å². The zero-order chi connectivity index (χ0) is 17.9. The van der Waals surface area contributed by atoms with E-state index >= 15 is 0 Å². The van der Waals surface area contributed by atoms with Gasteiger partial charge in [0.15, 0.2) is 0 Å². The third-order valence-corrected chi connectivity index (χ3v) is 4.91.